The number of hydroxylamine groups is 2. The minimum atomic E-state index is -4.13. The van der Waals surface area contributed by atoms with Crippen molar-refractivity contribution in [3.05, 3.63) is 63.4 Å². The maximum absolute atomic E-state index is 12.1. The lowest BCUT2D eigenvalue weighted by Crippen LogP contribution is -2.35. The average Bonchev–Trinajstić information content (AvgIpc) is 2.85. The molecule has 0 saturated heterocycles. The summed E-state index contributed by atoms with van der Waals surface area (Å²) in [4.78, 5) is 39.1. The summed E-state index contributed by atoms with van der Waals surface area (Å²) < 4.78 is 30.9. The Morgan fingerprint density at radius 1 is 0.921 bits per heavy atom. The lowest BCUT2D eigenvalue weighted by Gasteiger charge is -2.14. The summed E-state index contributed by atoms with van der Waals surface area (Å²) in [6.07, 6.45) is 0. The van der Waals surface area contributed by atoms with Crippen molar-refractivity contribution >= 4 is 68.5 Å². The highest BCUT2D eigenvalue weighted by Crippen LogP contribution is 2.25. The van der Waals surface area contributed by atoms with Crippen LogP contribution in [0.5, 0.6) is 6.01 Å². The van der Waals surface area contributed by atoms with Gasteiger partial charge in [-0.3, -0.25) is 10.2 Å². The lowest BCUT2D eigenvalue weighted by atomic mass is 10.3. The molecular formula is C21H22Cl3N7O6S. The Labute approximate surface area is 233 Å². The van der Waals surface area contributed by atoms with Gasteiger partial charge in [0.25, 0.3) is 10.0 Å². The van der Waals surface area contributed by atoms with E-state index < -0.39 is 22.1 Å². The Morgan fingerprint density at radius 2 is 1.61 bits per heavy atom. The molecule has 0 spiro atoms. The van der Waals surface area contributed by atoms with Crippen molar-refractivity contribution < 1.29 is 27.6 Å². The molecule has 4 amide bonds. The SMILES string of the molecule is CON(C)C(=O)Nc1ccc(Cl)c(Cl)c1.COc1nc(C)nc(NC(=O)NS(=O)(=O)c2ccccc2Cl)n1. The Hall–Kier alpha value is -3.43. The van der Waals surface area contributed by atoms with Crippen LogP contribution < -0.4 is 20.1 Å². The fourth-order valence-electron chi connectivity index (χ4n) is 2.43. The summed E-state index contributed by atoms with van der Waals surface area (Å²) in [7, 11) is 0.105. The number of hydrogen-bond donors (Lipinski definition) is 3. The highest BCUT2D eigenvalue weighted by Gasteiger charge is 2.21. The van der Waals surface area contributed by atoms with Gasteiger partial charge in [-0.2, -0.15) is 15.0 Å². The van der Waals surface area contributed by atoms with Crippen LogP contribution in [0.4, 0.5) is 21.2 Å². The van der Waals surface area contributed by atoms with E-state index in [1.54, 1.807) is 31.2 Å². The Kier molecular flexibility index (Phi) is 11.3. The quantitative estimate of drug-likeness (QED) is 0.346. The number of halogens is 3. The number of aryl methyl sites for hydroxylation is 1. The Balaban J connectivity index is 0.000000293. The molecule has 0 fully saturated rings. The molecule has 0 unspecified atom stereocenters. The number of sulfonamides is 1. The van der Waals surface area contributed by atoms with Gasteiger partial charge in [0.1, 0.15) is 10.7 Å². The van der Waals surface area contributed by atoms with Gasteiger partial charge in [-0.15, -0.1) is 0 Å². The van der Waals surface area contributed by atoms with Crippen molar-refractivity contribution in [2.24, 2.45) is 0 Å². The first-order valence-electron chi connectivity index (χ1n) is 10.2. The minimum absolute atomic E-state index is 0.00882. The topological polar surface area (TPSA) is 165 Å². The Morgan fingerprint density at radius 3 is 2.21 bits per heavy atom. The number of rotatable bonds is 6. The van der Waals surface area contributed by atoms with E-state index in [0.29, 0.717) is 21.6 Å². The van der Waals surface area contributed by atoms with Crippen LogP contribution in [0.2, 0.25) is 15.1 Å². The van der Waals surface area contributed by atoms with Gasteiger partial charge < -0.3 is 10.1 Å². The second kappa shape index (κ2) is 13.9. The molecule has 13 nitrogen and oxygen atoms in total. The molecule has 2 aromatic carbocycles. The molecule has 3 rings (SSSR count). The van der Waals surface area contributed by atoms with E-state index in [4.69, 9.17) is 44.4 Å². The number of nitrogens with zero attached hydrogens (tertiary/aromatic N) is 4. The zero-order valence-corrected chi connectivity index (χ0v) is 23.4. The summed E-state index contributed by atoms with van der Waals surface area (Å²) in [6, 6.07) is 9.09. The third-order valence-electron chi connectivity index (χ3n) is 4.22. The largest absolute Gasteiger partial charge is 0.467 e. The number of anilines is 2. The summed E-state index contributed by atoms with van der Waals surface area (Å²) in [5.74, 6) is 0.141. The Bertz CT molecular complexity index is 1410. The van der Waals surface area contributed by atoms with Crippen molar-refractivity contribution in [3.8, 4) is 6.01 Å². The number of carbonyl (C=O) groups excluding carboxylic acids is 2. The molecule has 17 heteroatoms. The van der Waals surface area contributed by atoms with Gasteiger partial charge in [0.05, 0.1) is 29.3 Å². The van der Waals surface area contributed by atoms with Gasteiger partial charge in [-0.05, 0) is 37.3 Å². The van der Waals surface area contributed by atoms with Gasteiger partial charge >= 0.3 is 18.1 Å². The smallest absolute Gasteiger partial charge is 0.345 e. The zero-order valence-electron chi connectivity index (χ0n) is 20.3. The van der Waals surface area contributed by atoms with Crippen molar-refractivity contribution in [2.75, 3.05) is 31.9 Å². The van der Waals surface area contributed by atoms with Gasteiger partial charge in [-0.25, -0.2) is 27.8 Å². The summed E-state index contributed by atoms with van der Waals surface area (Å²) in [5, 5.41) is 6.64. The number of methoxy groups -OCH3 is 1. The van der Waals surface area contributed by atoms with E-state index >= 15 is 0 Å². The number of amides is 4. The zero-order chi connectivity index (χ0) is 28.5. The van der Waals surface area contributed by atoms with Crippen LogP contribution in [0.1, 0.15) is 5.82 Å². The van der Waals surface area contributed by atoms with Crippen molar-refractivity contribution in [2.45, 2.75) is 11.8 Å². The maximum Gasteiger partial charge on any atom is 0.345 e. The maximum atomic E-state index is 12.1. The number of nitrogens with one attached hydrogen (secondary N) is 3. The first-order valence-corrected chi connectivity index (χ1v) is 12.9. The van der Waals surface area contributed by atoms with Gasteiger partial charge in [0.2, 0.25) is 5.95 Å². The van der Waals surface area contributed by atoms with Gasteiger partial charge in [0.15, 0.2) is 0 Å². The second-order valence-corrected chi connectivity index (χ2v) is 9.79. The van der Waals surface area contributed by atoms with Crippen LogP contribution in [0.25, 0.3) is 0 Å². The number of carbonyl (C=O) groups is 2. The number of aromatic nitrogens is 3. The molecule has 0 saturated carbocycles. The molecule has 1 aromatic heterocycles. The van der Waals surface area contributed by atoms with E-state index in [1.165, 1.54) is 39.5 Å². The van der Waals surface area contributed by atoms with E-state index in [0.717, 1.165) is 5.06 Å². The number of hydrogen-bond acceptors (Lipinski definition) is 9. The summed E-state index contributed by atoms with van der Waals surface area (Å²) in [5.41, 5.74) is 0.554. The summed E-state index contributed by atoms with van der Waals surface area (Å²) in [6.45, 7) is 1.56. The second-order valence-electron chi connectivity index (χ2n) is 6.92. The van der Waals surface area contributed by atoms with Crippen molar-refractivity contribution in [1.82, 2.24) is 24.7 Å². The number of benzene rings is 2. The molecular weight excluding hydrogens is 585 g/mol. The molecule has 3 aromatic rings. The predicted octanol–water partition coefficient (Wildman–Crippen LogP) is 4.37. The van der Waals surface area contributed by atoms with Crippen molar-refractivity contribution in [3.63, 3.8) is 0 Å². The molecule has 0 aliphatic carbocycles. The predicted molar refractivity (Wildman–Crippen MR) is 142 cm³/mol. The van der Waals surface area contributed by atoms with Crippen LogP contribution in [0.3, 0.4) is 0 Å². The molecule has 0 atom stereocenters. The average molecular weight is 607 g/mol. The molecule has 1 heterocycles. The summed E-state index contributed by atoms with van der Waals surface area (Å²) >= 11 is 17.3. The number of urea groups is 2. The number of ether oxygens (including phenoxy) is 1. The van der Waals surface area contributed by atoms with E-state index in [2.05, 4.69) is 25.6 Å². The van der Waals surface area contributed by atoms with Crippen LogP contribution >= 0.6 is 34.8 Å². The minimum Gasteiger partial charge on any atom is -0.467 e. The molecule has 38 heavy (non-hydrogen) atoms. The third-order valence-corrected chi connectivity index (χ3v) is 6.79. The standard InChI is InChI=1S/C12H12ClN5O4S.C9H10Cl2N2O2/c1-7-14-10(17-12(15-7)22-2)16-11(19)18-23(20,21)9-6-4-3-5-8(9)13;1-13(15-2)9(14)12-6-3-4-7(10)8(11)5-6/h3-6H,1-2H3,(H2,14,15,16,17,18,19);3-5H,1-2H3,(H,12,14). The highest BCUT2D eigenvalue weighted by atomic mass is 35.5. The first kappa shape index (κ1) is 30.8. The normalized spacial score (nSPS) is 10.5. The van der Waals surface area contributed by atoms with E-state index in [1.807, 2.05) is 4.72 Å². The highest BCUT2D eigenvalue weighted by molar-refractivity contribution is 7.90. The fraction of sp³-hybridized carbons (Fsp3) is 0.190. The molecule has 3 N–H and O–H groups in total. The monoisotopic (exact) mass is 605 g/mol. The lowest BCUT2D eigenvalue weighted by molar-refractivity contribution is -0.0598. The molecule has 0 aliphatic heterocycles. The van der Waals surface area contributed by atoms with Gasteiger partial charge in [-0.1, -0.05) is 46.9 Å². The van der Waals surface area contributed by atoms with E-state index in [-0.39, 0.29) is 21.9 Å². The van der Waals surface area contributed by atoms with Gasteiger partial charge in [0, 0.05) is 12.7 Å². The third kappa shape index (κ3) is 9.15. The van der Waals surface area contributed by atoms with Crippen molar-refractivity contribution in [1.29, 1.82) is 0 Å². The molecule has 204 valence electrons. The van der Waals surface area contributed by atoms with Crippen LogP contribution in [-0.4, -0.2) is 61.8 Å². The van der Waals surface area contributed by atoms with Crippen LogP contribution in [0, 0.1) is 6.92 Å². The van der Waals surface area contributed by atoms with E-state index in [9.17, 15) is 18.0 Å². The molecule has 0 radical (unpaired) electrons. The van der Waals surface area contributed by atoms with Crippen LogP contribution in [-0.2, 0) is 14.9 Å². The fourth-order valence-corrected chi connectivity index (χ4v) is 4.16. The molecule has 0 aliphatic rings. The molecule has 0 bridgehead atoms. The van der Waals surface area contributed by atoms with Crippen LogP contribution in [0.15, 0.2) is 47.4 Å². The first-order chi connectivity index (χ1) is 17.9.